The molecule has 3 rings (SSSR count). The van der Waals surface area contributed by atoms with E-state index < -0.39 is 6.04 Å². The lowest BCUT2D eigenvalue weighted by Gasteiger charge is -2.27. The van der Waals surface area contributed by atoms with Crippen molar-refractivity contribution in [2.45, 2.75) is 25.9 Å². The molecule has 1 fully saturated rings. The Bertz CT molecular complexity index is 661. The minimum atomic E-state index is -0.499. The first-order valence-corrected chi connectivity index (χ1v) is 7.68. The molecular weight excluding hydrogens is 290 g/mol. The van der Waals surface area contributed by atoms with Crippen molar-refractivity contribution in [1.82, 2.24) is 14.8 Å². The topological polar surface area (TPSA) is 53.5 Å². The van der Waals surface area contributed by atoms with Gasteiger partial charge >= 0.3 is 6.03 Å². The Labute approximate surface area is 135 Å². The molecule has 0 aliphatic carbocycles. The highest BCUT2D eigenvalue weighted by Gasteiger charge is 2.43. The van der Waals surface area contributed by atoms with Gasteiger partial charge in [-0.25, -0.2) is 9.69 Å². The second-order valence-electron chi connectivity index (χ2n) is 5.84. The highest BCUT2D eigenvalue weighted by molar-refractivity contribution is 6.02. The van der Waals surface area contributed by atoms with Crippen LogP contribution in [0.5, 0.6) is 0 Å². The second-order valence-corrected chi connectivity index (χ2v) is 5.84. The molecule has 0 spiro atoms. The van der Waals surface area contributed by atoms with E-state index in [0.29, 0.717) is 5.69 Å². The maximum Gasteiger partial charge on any atom is 0.328 e. The molecular formula is C18H19N3O2. The van der Waals surface area contributed by atoms with Crippen molar-refractivity contribution in [2.24, 2.45) is 0 Å². The molecule has 0 N–H and O–H groups in total. The van der Waals surface area contributed by atoms with Crippen LogP contribution >= 0.6 is 0 Å². The van der Waals surface area contributed by atoms with E-state index in [4.69, 9.17) is 0 Å². The van der Waals surface area contributed by atoms with E-state index in [9.17, 15) is 9.59 Å². The number of pyridine rings is 1. The summed E-state index contributed by atoms with van der Waals surface area (Å²) >= 11 is 0. The number of imide groups is 1. The third-order valence-corrected chi connectivity index (χ3v) is 3.99. The third kappa shape index (κ3) is 2.82. The minimum absolute atomic E-state index is 0.0170. The maximum atomic E-state index is 12.7. The first-order chi connectivity index (χ1) is 11.1. The standard InChI is InChI=1S/C18H19N3O2/c1-13(2)20-12-16(22)21(18(20)23)17(14-8-4-3-5-9-14)15-10-6-7-11-19-15/h3-11,13,17H,12H2,1-2H3. The van der Waals surface area contributed by atoms with Crippen LogP contribution in [-0.4, -0.2) is 39.3 Å². The number of nitrogens with zero attached hydrogens (tertiary/aromatic N) is 3. The molecule has 1 saturated heterocycles. The average molecular weight is 309 g/mol. The number of aromatic nitrogens is 1. The van der Waals surface area contributed by atoms with Crippen molar-refractivity contribution in [3.05, 3.63) is 66.0 Å². The van der Waals surface area contributed by atoms with Crippen molar-refractivity contribution in [3.63, 3.8) is 0 Å². The van der Waals surface area contributed by atoms with Crippen molar-refractivity contribution < 1.29 is 9.59 Å². The largest absolute Gasteiger partial charge is 0.328 e. The first-order valence-electron chi connectivity index (χ1n) is 7.68. The molecule has 2 heterocycles. The van der Waals surface area contributed by atoms with E-state index in [1.54, 1.807) is 11.1 Å². The molecule has 2 aromatic rings. The van der Waals surface area contributed by atoms with Gasteiger partial charge in [-0.15, -0.1) is 0 Å². The summed E-state index contributed by atoms with van der Waals surface area (Å²) in [4.78, 5) is 32.6. The number of hydrogen-bond acceptors (Lipinski definition) is 3. The molecule has 1 aromatic heterocycles. The molecule has 5 heteroatoms. The fraction of sp³-hybridized carbons (Fsp3) is 0.278. The Morgan fingerprint density at radius 1 is 1.00 bits per heavy atom. The van der Waals surface area contributed by atoms with E-state index in [2.05, 4.69) is 4.98 Å². The number of hydrogen-bond donors (Lipinski definition) is 0. The number of rotatable bonds is 4. The van der Waals surface area contributed by atoms with Crippen LogP contribution in [0, 0.1) is 0 Å². The van der Waals surface area contributed by atoms with Gasteiger partial charge in [0.05, 0.1) is 5.69 Å². The van der Waals surface area contributed by atoms with Gasteiger partial charge in [0.25, 0.3) is 5.91 Å². The van der Waals surface area contributed by atoms with Crippen molar-refractivity contribution in [1.29, 1.82) is 0 Å². The van der Waals surface area contributed by atoms with E-state index >= 15 is 0 Å². The molecule has 1 aromatic carbocycles. The molecule has 118 valence electrons. The van der Waals surface area contributed by atoms with Crippen molar-refractivity contribution in [2.75, 3.05) is 6.54 Å². The van der Waals surface area contributed by atoms with E-state index in [0.717, 1.165) is 5.56 Å². The van der Waals surface area contributed by atoms with Crippen LogP contribution in [0.1, 0.15) is 31.1 Å². The van der Waals surface area contributed by atoms with E-state index in [1.807, 2.05) is 62.4 Å². The fourth-order valence-electron chi connectivity index (χ4n) is 2.82. The number of benzene rings is 1. The zero-order chi connectivity index (χ0) is 16.4. The summed E-state index contributed by atoms with van der Waals surface area (Å²) in [6.45, 7) is 3.94. The zero-order valence-corrected chi connectivity index (χ0v) is 13.2. The van der Waals surface area contributed by atoms with Gasteiger partial charge in [0.1, 0.15) is 12.6 Å². The summed E-state index contributed by atoms with van der Waals surface area (Å²) in [7, 11) is 0. The van der Waals surface area contributed by atoms with Gasteiger partial charge in [-0.2, -0.15) is 0 Å². The summed E-state index contributed by atoms with van der Waals surface area (Å²) < 4.78 is 0. The molecule has 1 unspecified atom stereocenters. The highest BCUT2D eigenvalue weighted by atomic mass is 16.2. The molecule has 0 radical (unpaired) electrons. The van der Waals surface area contributed by atoms with Gasteiger partial charge < -0.3 is 4.90 Å². The van der Waals surface area contributed by atoms with E-state index in [1.165, 1.54) is 4.90 Å². The summed E-state index contributed by atoms with van der Waals surface area (Å²) in [6, 6.07) is 14.3. The van der Waals surface area contributed by atoms with Crippen LogP contribution in [0.3, 0.4) is 0 Å². The van der Waals surface area contributed by atoms with Crippen LogP contribution < -0.4 is 0 Å². The third-order valence-electron chi connectivity index (χ3n) is 3.99. The number of amides is 3. The molecule has 5 nitrogen and oxygen atoms in total. The van der Waals surface area contributed by atoms with Crippen LogP contribution in [0.4, 0.5) is 4.79 Å². The Balaban J connectivity index is 2.06. The smallest absolute Gasteiger partial charge is 0.313 e. The maximum absolute atomic E-state index is 12.7. The minimum Gasteiger partial charge on any atom is -0.313 e. The lowest BCUT2D eigenvalue weighted by Crippen LogP contribution is -2.39. The van der Waals surface area contributed by atoms with Gasteiger partial charge in [-0.3, -0.25) is 9.78 Å². The molecule has 0 bridgehead atoms. The molecule has 23 heavy (non-hydrogen) atoms. The first kappa shape index (κ1) is 15.2. The Kier molecular flexibility index (Phi) is 4.10. The van der Waals surface area contributed by atoms with Gasteiger partial charge in [0.2, 0.25) is 0 Å². The summed E-state index contributed by atoms with van der Waals surface area (Å²) in [5.74, 6) is -0.191. The SMILES string of the molecule is CC(C)N1CC(=O)N(C(c2ccccc2)c2ccccn2)C1=O. The van der Waals surface area contributed by atoms with Gasteiger partial charge in [0.15, 0.2) is 0 Å². The summed E-state index contributed by atoms with van der Waals surface area (Å²) in [6.07, 6.45) is 1.68. The van der Waals surface area contributed by atoms with Crippen LogP contribution in [0.2, 0.25) is 0 Å². The van der Waals surface area contributed by atoms with Gasteiger partial charge in [0, 0.05) is 12.2 Å². The lowest BCUT2D eigenvalue weighted by molar-refractivity contribution is -0.126. The van der Waals surface area contributed by atoms with Crippen LogP contribution in [0.25, 0.3) is 0 Å². The lowest BCUT2D eigenvalue weighted by atomic mass is 10.0. The Morgan fingerprint density at radius 3 is 2.26 bits per heavy atom. The summed E-state index contributed by atoms with van der Waals surface area (Å²) in [5, 5.41) is 0. The van der Waals surface area contributed by atoms with Crippen molar-refractivity contribution >= 4 is 11.9 Å². The van der Waals surface area contributed by atoms with Gasteiger partial charge in [-0.05, 0) is 31.5 Å². The molecule has 1 atom stereocenters. The monoisotopic (exact) mass is 309 g/mol. The zero-order valence-electron chi connectivity index (χ0n) is 13.2. The van der Waals surface area contributed by atoms with Crippen molar-refractivity contribution in [3.8, 4) is 0 Å². The number of urea groups is 1. The quantitative estimate of drug-likeness (QED) is 0.816. The summed E-state index contributed by atoms with van der Waals surface area (Å²) in [5.41, 5.74) is 1.56. The molecule has 1 aliphatic rings. The molecule has 0 saturated carbocycles. The van der Waals surface area contributed by atoms with Crippen LogP contribution in [-0.2, 0) is 4.79 Å². The number of carbonyl (C=O) groups excluding carboxylic acids is 2. The number of carbonyl (C=O) groups is 2. The molecule has 3 amide bonds. The van der Waals surface area contributed by atoms with Gasteiger partial charge in [-0.1, -0.05) is 36.4 Å². The normalized spacial score (nSPS) is 16.3. The predicted molar refractivity (Wildman–Crippen MR) is 86.6 cm³/mol. The highest BCUT2D eigenvalue weighted by Crippen LogP contribution is 2.31. The average Bonchev–Trinajstić information content (AvgIpc) is 2.86. The molecule has 1 aliphatic heterocycles. The van der Waals surface area contributed by atoms with Crippen LogP contribution in [0.15, 0.2) is 54.7 Å². The predicted octanol–water partition coefficient (Wildman–Crippen LogP) is 2.84. The Hall–Kier alpha value is -2.69. The van der Waals surface area contributed by atoms with E-state index in [-0.39, 0.29) is 24.5 Å². The second kappa shape index (κ2) is 6.20. The Morgan fingerprint density at radius 2 is 1.70 bits per heavy atom. The fourth-order valence-corrected chi connectivity index (χ4v) is 2.82.